The summed E-state index contributed by atoms with van der Waals surface area (Å²) in [5.41, 5.74) is 9.67. The molecule has 11 heteroatoms. The summed E-state index contributed by atoms with van der Waals surface area (Å²) in [5, 5.41) is 13.9. The number of likely N-dealkylation sites (tertiary alicyclic amines) is 1. The quantitative estimate of drug-likeness (QED) is 0.345. The summed E-state index contributed by atoms with van der Waals surface area (Å²) in [6.07, 6.45) is 5.52. The Labute approximate surface area is 219 Å². The highest BCUT2D eigenvalue weighted by atomic mass is 16.2. The van der Waals surface area contributed by atoms with Crippen molar-refractivity contribution in [3.63, 3.8) is 0 Å². The smallest absolute Gasteiger partial charge is 0.278 e. The first-order valence-electron chi connectivity index (χ1n) is 12.4. The van der Waals surface area contributed by atoms with Crippen LogP contribution in [0.1, 0.15) is 46.3 Å². The number of aromatic nitrogens is 4. The maximum Gasteiger partial charge on any atom is 0.278 e. The number of amides is 3. The standard InChI is InChI=1S/C27H28N8O3/c1-16-4-3-11-34(16)15-24(36)30-21-12-22(17(2)29-13-21)31-27(38)25-23-10-9-20(14-35(23)33-32-25)18-5-7-19(8-6-18)26(28)37/h5-10,12-14,16H,3-4,11,15H2,1-2H3,(H2,28,37)(H,30,36)(H,31,38)/t16-/m0/s1. The number of hydrogen-bond acceptors (Lipinski definition) is 7. The average Bonchev–Trinajstić information content (AvgIpc) is 3.51. The summed E-state index contributed by atoms with van der Waals surface area (Å²) in [6.45, 7) is 5.13. The van der Waals surface area contributed by atoms with E-state index in [0.29, 0.717) is 40.7 Å². The molecule has 0 unspecified atom stereocenters. The highest BCUT2D eigenvalue weighted by molar-refractivity contribution is 6.08. The van der Waals surface area contributed by atoms with Crippen molar-refractivity contribution in [1.29, 1.82) is 0 Å². The fourth-order valence-electron chi connectivity index (χ4n) is 4.58. The van der Waals surface area contributed by atoms with Gasteiger partial charge >= 0.3 is 0 Å². The lowest BCUT2D eigenvalue weighted by Crippen LogP contribution is -2.35. The Balaban J connectivity index is 1.30. The molecule has 3 amide bonds. The zero-order chi connectivity index (χ0) is 26.8. The van der Waals surface area contributed by atoms with Crippen molar-refractivity contribution in [2.75, 3.05) is 23.7 Å². The first-order chi connectivity index (χ1) is 18.3. The minimum atomic E-state index is -0.492. The minimum Gasteiger partial charge on any atom is -0.366 e. The number of anilines is 2. The molecule has 3 aromatic heterocycles. The minimum absolute atomic E-state index is 0.119. The van der Waals surface area contributed by atoms with E-state index >= 15 is 0 Å². The van der Waals surface area contributed by atoms with Crippen LogP contribution in [0.4, 0.5) is 11.4 Å². The number of pyridine rings is 2. The fraction of sp³-hybridized carbons (Fsp3) is 0.259. The molecule has 1 fully saturated rings. The van der Waals surface area contributed by atoms with Crippen LogP contribution in [0, 0.1) is 6.92 Å². The van der Waals surface area contributed by atoms with Gasteiger partial charge in [0.2, 0.25) is 11.8 Å². The van der Waals surface area contributed by atoms with E-state index in [4.69, 9.17) is 5.73 Å². The third-order valence-electron chi connectivity index (χ3n) is 6.79. The van der Waals surface area contributed by atoms with Gasteiger partial charge in [-0.2, -0.15) is 0 Å². The van der Waals surface area contributed by atoms with Crippen LogP contribution in [0.25, 0.3) is 16.6 Å². The second kappa shape index (κ2) is 10.4. The Hall–Kier alpha value is -4.64. The van der Waals surface area contributed by atoms with Gasteiger partial charge in [-0.25, -0.2) is 4.52 Å². The van der Waals surface area contributed by atoms with Crippen molar-refractivity contribution in [2.45, 2.75) is 32.7 Å². The number of carbonyl (C=O) groups is 3. The molecular weight excluding hydrogens is 484 g/mol. The third-order valence-corrected chi connectivity index (χ3v) is 6.79. The van der Waals surface area contributed by atoms with E-state index in [1.54, 1.807) is 55.7 Å². The van der Waals surface area contributed by atoms with E-state index in [1.807, 2.05) is 6.07 Å². The molecule has 1 aliphatic rings. The molecule has 1 aromatic carbocycles. The molecule has 4 N–H and O–H groups in total. The summed E-state index contributed by atoms with van der Waals surface area (Å²) < 4.78 is 1.52. The molecule has 0 bridgehead atoms. The molecule has 194 valence electrons. The Bertz CT molecular complexity index is 1530. The Kier molecular flexibility index (Phi) is 6.84. The van der Waals surface area contributed by atoms with Crippen LogP contribution in [-0.2, 0) is 4.79 Å². The molecule has 1 aliphatic heterocycles. The monoisotopic (exact) mass is 512 g/mol. The first-order valence-corrected chi connectivity index (χ1v) is 12.4. The maximum absolute atomic E-state index is 13.1. The van der Waals surface area contributed by atoms with Crippen LogP contribution in [0.3, 0.4) is 0 Å². The molecular formula is C27H28N8O3. The van der Waals surface area contributed by atoms with Gasteiger partial charge < -0.3 is 16.4 Å². The maximum atomic E-state index is 13.1. The molecule has 4 heterocycles. The van der Waals surface area contributed by atoms with Gasteiger partial charge in [0.05, 0.1) is 35.3 Å². The van der Waals surface area contributed by atoms with Crippen molar-refractivity contribution >= 4 is 34.6 Å². The highest BCUT2D eigenvalue weighted by Crippen LogP contribution is 2.23. The predicted molar refractivity (Wildman–Crippen MR) is 143 cm³/mol. The van der Waals surface area contributed by atoms with Gasteiger partial charge in [-0.15, -0.1) is 5.10 Å². The van der Waals surface area contributed by atoms with Crippen LogP contribution in [0.15, 0.2) is 54.9 Å². The van der Waals surface area contributed by atoms with Gasteiger partial charge in [0.1, 0.15) is 0 Å². The van der Waals surface area contributed by atoms with Gasteiger partial charge in [0.25, 0.3) is 5.91 Å². The summed E-state index contributed by atoms with van der Waals surface area (Å²) >= 11 is 0. The number of nitrogens with one attached hydrogen (secondary N) is 2. The van der Waals surface area contributed by atoms with E-state index in [2.05, 4.69) is 37.8 Å². The molecule has 11 nitrogen and oxygen atoms in total. The van der Waals surface area contributed by atoms with Crippen molar-refractivity contribution < 1.29 is 14.4 Å². The molecule has 38 heavy (non-hydrogen) atoms. The summed E-state index contributed by atoms with van der Waals surface area (Å²) in [7, 11) is 0. The number of primary amides is 1. The summed E-state index contributed by atoms with van der Waals surface area (Å²) in [4.78, 5) is 43.4. The van der Waals surface area contributed by atoms with Crippen LogP contribution < -0.4 is 16.4 Å². The normalized spacial score (nSPS) is 15.5. The zero-order valence-electron chi connectivity index (χ0n) is 21.1. The third kappa shape index (κ3) is 5.23. The van der Waals surface area contributed by atoms with Crippen molar-refractivity contribution in [3.8, 4) is 11.1 Å². The molecule has 0 aliphatic carbocycles. The van der Waals surface area contributed by atoms with E-state index in [1.165, 1.54) is 4.52 Å². The van der Waals surface area contributed by atoms with Crippen molar-refractivity contribution in [3.05, 3.63) is 71.8 Å². The summed E-state index contributed by atoms with van der Waals surface area (Å²) in [6, 6.07) is 12.6. The fourth-order valence-corrected chi connectivity index (χ4v) is 4.58. The second-order valence-corrected chi connectivity index (χ2v) is 9.45. The lowest BCUT2D eigenvalue weighted by atomic mass is 10.1. The molecule has 5 rings (SSSR count). The molecule has 4 aromatic rings. The molecule has 0 radical (unpaired) electrons. The molecule has 1 atom stereocenters. The van der Waals surface area contributed by atoms with E-state index in [0.717, 1.165) is 30.5 Å². The topological polar surface area (TPSA) is 148 Å². The predicted octanol–water partition coefficient (Wildman–Crippen LogP) is 2.87. The lowest BCUT2D eigenvalue weighted by molar-refractivity contribution is -0.117. The molecule has 0 spiro atoms. The van der Waals surface area contributed by atoms with Crippen LogP contribution >= 0.6 is 0 Å². The average molecular weight is 513 g/mol. The molecule has 1 saturated heterocycles. The summed E-state index contributed by atoms with van der Waals surface area (Å²) in [5.74, 6) is -1.06. The Morgan fingerprint density at radius 1 is 1.08 bits per heavy atom. The zero-order valence-corrected chi connectivity index (χ0v) is 21.1. The van der Waals surface area contributed by atoms with Gasteiger partial charge in [-0.05, 0) is 63.1 Å². The Morgan fingerprint density at radius 2 is 1.84 bits per heavy atom. The van der Waals surface area contributed by atoms with Gasteiger partial charge in [-0.3, -0.25) is 24.3 Å². The number of aryl methyl sites for hydroxylation is 1. The Morgan fingerprint density at radius 3 is 2.55 bits per heavy atom. The van der Waals surface area contributed by atoms with E-state index < -0.39 is 11.8 Å². The highest BCUT2D eigenvalue weighted by Gasteiger charge is 2.22. The number of benzene rings is 1. The lowest BCUT2D eigenvalue weighted by Gasteiger charge is -2.20. The first kappa shape index (κ1) is 25.0. The number of nitrogens with two attached hydrogens (primary N) is 1. The second-order valence-electron chi connectivity index (χ2n) is 9.45. The number of hydrogen-bond donors (Lipinski definition) is 3. The number of carbonyl (C=O) groups excluding carboxylic acids is 3. The van der Waals surface area contributed by atoms with E-state index in [-0.39, 0.29) is 11.6 Å². The number of fused-ring (bicyclic) bond motifs is 1. The van der Waals surface area contributed by atoms with Crippen LogP contribution in [0.2, 0.25) is 0 Å². The van der Waals surface area contributed by atoms with Crippen molar-refractivity contribution in [1.82, 2.24) is 24.7 Å². The SMILES string of the molecule is Cc1ncc(NC(=O)CN2CCC[C@@H]2C)cc1NC(=O)c1nnn2cc(-c3ccc(C(N)=O)cc3)ccc12. The number of rotatable bonds is 7. The van der Waals surface area contributed by atoms with Crippen LogP contribution in [-0.4, -0.2) is 61.6 Å². The van der Waals surface area contributed by atoms with Crippen molar-refractivity contribution in [2.24, 2.45) is 5.73 Å². The van der Waals surface area contributed by atoms with Gasteiger partial charge in [0.15, 0.2) is 5.69 Å². The largest absolute Gasteiger partial charge is 0.366 e. The molecule has 0 saturated carbocycles. The van der Waals surface area contributed by atoms with Crippen LogP contribution in [0.5, 0.6) is 0 Å². The van der Waals surface area contributed by atoms with Gasteiger partial charge in [-0.1, -0.05) is 23.4 Å². The van der Waals surface area contributed by atoms with E-state index in [9.17, 15) is 14.4 Å². The van der Waals surface area contributed by atoms with Gasteiger partial charge in [0, 0.05) is 23.4 Å². The number of nitrogens with zero attached hydrogens (tertiary/aromatic N) is 5.